The maximum atomic E-state index is 12.8. The van der Waals surface area contributed by atoms with Crippen molar-refractivity contribution in [1.29, 1.82) is 0 Å². The fourth-order valence-corrected chi connectivity index (χ4v) is 5.73. The van der Waals surface area contributed by atoms with Crippen molar-refractivity contribution in [2.45, 2.75) is 161 Å². The van der Waals surface area contributed by atoms with E-state index in [1.54, 1.807) is 6.08 Å². The molecule has 3 atom stereocenters. The highest BCUT2D eigenvalue weighted by molar-refractivity contribution is 7.47. The Morgan fingerprint density at radius 1 is 0.702 bits per heavy atom. The van der Waals surface area contributed by atoms with Gasteiger partial charge in [-0.3, -0.25) is 13.8 Å². The molecule has 0 saturated heterocycles. The topological polar surface area (TPSA) is 105 Å². The van der Waals surface area contributed by atoms with Crippen molar-refractivity contribution in [3.63, 3.8) is 0 Å². The van der Waals surface area contributed by atoms with E-state index in [0.717, 1.165) is 51.4 Å². The first-order valence-electron chi connectivity index (χ1n) is 18.9. The van der Waals surface area contributed by atoms with Gasteiger partial charge < -0.3 is 19.8 Å². The lowest BCUT2D eigenvalue weighted by atomic mass is 10.1. The molecule has 0 aliphatic rings. The van der Waals surface area contributed by atoms with Crippen molar-refractivity contribution < 1.29 is 32.9 Å². The predicted octanol–water partition coefficient (Wildman–Crippen LogP) is 9.57. The molecule has 8 nitrogen and oxygen atoms in total. The van der Waals surface area contributed by atoms with Gasteiger partial charge in [0.2, 0.25) is 5.91 Å². The molecule has 0 fully saturated rings. The fraction of sp³-hybridized carbons (Fsp3) is 0.816. The zero-order chi connectivity index (χ0) is 35.1. The largest absolute Gasteiger partial charge is 0.472 e. The molecule has 1 unspecified atom stereocenters. The van der Waals surface area contributed by atoms with E-state index in [2.05, 4.69) is 43.5 Å². The van der Waals surface area contributed by atoms with Crippen LogP contribution in [0.2, 0.25) is 0 Å². The van der Waals surface area contributed by atoms with Crippen molar-refractivity contribution >= 4 is 13.7 Å². The molecule has 0 aliphatic heterocycles. The summed E-state index contributed by atoms with van der Waals surface area (Å²) >= 11 is 0. The lowest BCUT2D eigenvalue weighted by Crippen LogP contribution is -2.45. The molecule has 47 heavy (non-hydrogen) atoms. The SMILES string of the molecule is CCCCCC/C=C/CCCCCCCC(=O)N[C@@H](COP(=O)(O)OCC[N+](C)(C)C)[C@H](O)/C=C/CC/C=C/CCCCCCCC. The molecule has 0 rings (SSSR count). The van der Waals surface area contributed by atoms with E-state index in [4.69, 9.17) is 9.05 Å². The first-order chi connectivity index (χ1) is 22.5. The predicted molar refractivity (Wildman–Crippen MR) is 198 cm³/mol. The van der Waals surface area contributed by atoms with Gasteiger partial charge in [-0.05, 0) is 57.8 Å². The van der Waals surface area contributed by atoms with Crippen molar-refractivity contribution in [3.05, 3.63) is 36.5 Å². The number of hydrogen-bond donors (Lipinski definition) is 3. The van der Waals surface area contributed by atoms with Gasteiger partial charge in [0.15, 0.2) is 0 Å². The lowest BCUT2D eigenvalue weighted by Gasteiger charge is -2.25. The quantitative estimate of drug-likeness (QED) is 0.0275. The molecule has 0 bridgehead atoms. The van der Waals surface area contributed by atoms with Crippen LogP contribution in [0.3, 0.4) is 0 Å². The van der Waals surface area contributed by atoms with Crippen LogP contribution in [0.25, 0.3) is 0 Å². The number of carbonyl (C=O) groups excluding carboxylic acids is 1. The first-order valence-corrected chi connectivity index (χ1v) is 20.4. The second-order valence-corrected chi connectivity index (χ2v) is 15.4. The Balaban J connectivity index is 4.62. The average Bonchev–Trinajstić information content (AvgIpc) is 3.01. The number of aliphatic hydroxyl groups excluding tert-OH is 1. The van der Waals surface area contributed by atoms with Gasteiger partial charge in [-0.2, -0.15) is 0 Å². The van der Waals surface area contributed by atoms with Crippen molar-refractivity contribution in [3.8, 4) is 0 Å². The monoisotopic (exact) mass is 686 g/mol. The summed E-state index contributed by atoms with van der Waals surface area (Å²) in [5.41, 5.74) is 0. The third-order valence-electron chi connectivity index (χ3n) is 8.08. The maximum Gasteiger partial charge on any atom is 0.472 e. The Labute approximate surface area is 289 Å². The van der Waals surface area contributed by atoms with Crippen LogP contribution < -0.4 is 5.32 Å². The van der Waals surface area contributed by atoms with Gasteiger partial charge in [-0.25, -0.2) is 4.57 Å². The fourth-order valence-electron chi connectivity index (χ4n) is 4.99. The van der Waals surface area contributed by atoms with Crippen LogP contribution in [0.15, 0.2) is 36.5 Å². The standard InChI is InChI=1S/C38H73N2O6P/c1-6-8-10-12-14-16-18-20-22-24-26-28-30-32-38(42)39-36(35-46-47(43,44)45-34-33-40(3,4)5)37(41)31-29-27-25-23-21-19-17-15-13-11-9-7-2/h16,18,21,23,29,31,36-37,41H,6-15,17,19-20,22,24-28,30,32-35H2,1-5H3,(H-,39,42,43,44)/p+1/b18-16+,23-21+,31-29+/t36-,37+/m0/s1. The number of unbranched alkanes of at least 4 members (excludes halogenated alkanes) is 16. The Morgan fingerprint density at radius 2 is 1.17 bits per heavy atom. The second-order valence-electron chi connectivity index (χ2n) is 13.9. The molecule has 0 heterocycles. The van der Waals surface area contributed by atoms with Gasteiger partial charge in [-0.15, -0.1) is 0 Å². The van der Waals surface area contributed by atoms with E-state index in [-0.39, 0.29) is 19.1 Å². The second kappa shape index (κ2) is 30.8. The molecular formula is C38H74N2O6P+. The summed E-state index contributed by atoms with van der Waals surface area (Å²) in [5, 5.41) is 13.7. The number of phosphoric ester groups is 1. The zero-order valence-corrected chi connectivity index (χ0v) is 31.9. The molecular weight excluding hydrogens is 611 g/mol. The summed E-state index contributed by atoms with van der Waals surface area (Å²) in [4.78, 5) is 22.9. The number of hydrogen-bond acceptors (Lipinski definition) is 5. The highest BCUT2D eigenvalue weighted by atomic mass is 31.2. The lowest BCUT2D eigenvalue weighted by molar-refractivity contribution is -0.870. The first kappa shape index (κ1) is 45.7. The summed E-state index contributed by atoms with van der Waals surface area (Å²) in [6.45, 7) is 4.72. The van der Waals surface area contributed by atoms with Crippen LogP contribution in [0.5, 0.6) is 0 Å². The number of nitrogens with zero attached hydrogens (tertiary/aromatic N) is 1. The number of amides is 1. The molecule has 1 amide bonds. The number of likely N-dealkylation sites (N-methyl/N-ethyl adjacent to an activating group) is 1. The van der Waals surface area contributed by atoms with E-state index in [9.17, 15) is 19.4 Å². The third kappa shape index (κ3) is 33.0. The number of carbonyl (C=O) groups is 1. The van der Waals surface area contributed by atoms with E-state index < -0.39 is 20.0 Å². The Morgan fingerprint density at radius 3 is 1.72 bits per heavy atom. The summed E-state index contributed by atoms with van der Waals surface area (Å²) in [6.07, 6.45) is 34.9. The zero-order valence-electron chi connectivity index (χ0n) is 31.0. The number of nitrogens with one attached hydrogen (secondary N) is 1. The van der Waals surface area contributed by atoms with Gasteiger partial charge >= 0.3 is 7.82 Å². The molecule has 9 heteroatoms. The Bertz CT molecular complexity index is 871. The number of phosphoric acid groups is 1. The van der Waals surface area contributed by atoms with Gasteiger partial charge in [0, 0.05) is 6.42 Å². The van der Waals surface area contributed by atoms with Crippen LogP contribution >= 0.6 is 7.82 Å². The summed E-state index contributed by atoms with van der Waals surface area (Å²) in [7, 11) is 1.54. The van der Waals surface area contributed by atoms with Crippen LogP contribution in [0.1, 0.15) is 149 Å². The number of allylic oxidation sites excluding steroid dienone is 5. The normalized spacial score (nSPS) is 15.1. The number of quaternary nitrogens is 1. The van der Waals surface area contributed by atoms with Crippen LogP contribution in [-0.2, 0) is 18.4 Å². The van der Waals surface area contributed by atoms with E-state index >= 15 is 0 Å². The minimum atomic E-state index is -4.34. The molecule has 276 valence electrons. The Hall–Kier alpha value is -1.28. The van der Waals surface area contributed by atoms with Crippen molar-refractivity contribution in [2.75, 3.05) is 40.9 Å². The van der Waals surface area contributed by atoms with Gasteiger partial charge in [0.05, 0.1) is 39.9 Å². The average molecular weight is 686 g/mol. The molecule has 0 aromatic heterocycles. The van der Waals surface area contributed by atoms with E-state index in [1.807, 2.05) is 27.2 Å². The third-order valence-corrected chi connectivity index (χ3v) is 9.07. The van der Waals surface area contributed by atoms with Crippen molar-refractivity contribution in [1.82, 2.24) is 5.32 Å². The van der Waals surface area contributed by atoms with Crippen molar-refractivity contribution in [2.24, 2.45) is 0 Å². The molecule has 0 saturated carbocycles. The van der Waals surface area contributed by atoms with E-state index in [1.165, 1.54) is 77.0 Å². The summed E-state index contributed by atoms with van der Waals surface area (Å²) in [6, 6.07) is -0.863. The van der Waals surface area contributed by atoms with Gasteiger partial charge in [0.1, 0.15) is 13.2 Å². The molecule has 0 aromatic rings. The summed E-state index contributed by atoms with van der Waals surface area (Å²) < 4.78 is 23.4. The molecule has 0 aromatic carbocycles. The molecule has 0 aliphatic carbocycles. The van der Waals surface area contributed by atoms with E-state index in [0.29, 0.717) is 17.4 Å². The van der Waals surface area contributed by atoms with Crippen LogP contribution in [0.4, 0.5) is 0 Å². The van der Waals surface area contributed by atoms with Crippen LogP contribution in [-0.4, -0.2) is 73.4 Å². The smallest absolute Gasteiger partial charge is 0.387 e. The summed E-state index contributed by atoms with van der Waals surface area (Å²) in [5.74, 6) is -0.201. The number of aliphatic hydroxyl groups is 1. The number of rotatable bonds is 33. The minimum absolute atomic E-state index is 0.0540. The molecule has 0 radical (unpaired) electrons. The van der Waals surface area contributed by atoms with Gasteiger partial charge in [0.25, 0.3) is 0 Å². The highest BCUT2D eigenvalue weighted by Crippen LogP contribution is 2.43. The molecule has 0 spiro atoms. The van der Waals surface area contributed by atoms with Crippen LogP contribution in [0, 0.1) is 0 Å². The highest BCUT2D eigenvalue weighted by Gasteiger charge is 2.27. The maximum absolute atomic E-state index is 12.8. The van der Waals surface area contributed by atoms with Gasteiger partial charge in [-0.1, -0.05) is 121 Å². The Kier molecular flexibility index (Phi) is 29.9. The molecule has 3 N–H and O–H groups in total. The minimum Gasteiger partial charge on any atom is -0.387 e.